The third-order valence-electron chi connectivity index (χ3n) is 5.22. The first-order chi connectivity index (χ1) is 12.7. The highest BCUT2D eigenvalue weighted by Crippen LogP contribution is 2.26. The molecule has 2 aromatic rings. The highest BCUT2D eigenvalue weighted by molar-refractivity contribution is 5.74. The van der Waals surface area contributed by atoms with Gasteiger partial charge in [0.15, 0.2) is 5.82 Å². The highest BCUT2D eigenvalue weighted by atomic mass is 16.5. The zero-order valence-electron chi connectivity index (χ0n) is 15.1. The van der Waals surface area contributed by atoms with Gasteiger partial charge in [0.25, 0.3) is 0 Å². The third kappa shape index (κ3) is 3.44. The molecule has 0 spiro atoms. The van der Waals surface area contributed by atoms with E-state index < -0.39 is 0 Å². The molecular formula is C17H25N7O2. The fourth-order valence-electron chi connectivity index (χ4n) is 3.73. The molecule has 0 radical (unpaired) electrons. The summed E-state index contributed by atoms with van der Waals surface area (Å²) in [5.74, 6) is 2.08. The first-order valence-electron chi connectivity index (χ1n) is 9.18. The van der Waals surface area contributed by atoms with Crippen molar-refractivity contribution in [3.63, 3.8) is 0 Å². The predicted molar refractivity (Wildman–Crippen MR) is 93.7 cm³/mol. The minimum atomic E-state index is 0.124. The normalized spacial score (nSPS) is 21.2. The number of piperidine rings is 1. The zero-order chi connectivity index (χ0) is 17.9. The van der Waals surface area contributed by atoms with Crippen molar-refractivity contribution in [3.05, 3.63) is 30.4 Å². The lowest BCUT2D eigenvalue weighted by atomic mass is 9.97. The van der Waals surface area contributed by atoms with E-state index in [4.69, 9.17) is 4.74 Å². The maximum atomic E-state index is 12.8. The second-order valence-electron chi connectivity index (χ2n) is 6.94. The van der Waals surface area contributed by atoms with Gasteiger partial charge in [-0.2, -0.15) is 0 Å². The van der Waals surface area contributed by atoms with Gasteiger partial charge < -0.3 is 23.7 Å². The number of urea groups is 1. The Morgan fingerprint density at radius 2 is 2.08 bits per heavy atom. The van der Waals surface area contributed by atoms with Crippen molar-refractivity contribution < 1.29 is 9.53 Å². The van der Waals surface area contributed by atoms with E-state index in [1.165, 1.54) is 0 Å². The van der Waals surface area contributed by atoms with Gasteiger partial charge in [-0.25, -0.2) is 9.78 Å². The van der Waals surface area contributed by atoms with E-state index in [9.17, 15) is 4.79 Å². The summed E-state index contributed by atoms with van der Waals surface area (Å²) >= 11 is 0. The summed E-state index contributed by atoms with van der Waals surface area (Å²) in [7, 11) is 2.00. The van der Waals surface area contributed by atoms with Crippen LogP contribution in [-0.2, 0) is 18.3 Å². The van der Waals surface area contributed by atoms with Gasteiger partial charge in [0.2, 0.25) is 0 Å². The predicted octanol–water partition coefficient (Wildman–Crippen LogP) is 0.692. The Hall–Kier alpha value is -2.42. The van der Waals surface area contributed by atoms with Gasteiger partial charge in [0.05, 0.1) is 26.1 Å². The first-order valence-corrected chi connectivity index (χ1v) is 9.18. The third-order valence-corrected chi connectivity index (χ3v) is 5.22. The summed E-state index contributed by atoms with van der Waals surface area (Å²) in [5.41, 5.74) is 0. The van der Waals surface area contributed by atoms with Crippen LogP contribution in [0.2, 0.25) is 0 Å². The summed E-state index contributed by atoms with van der Waals surface area (Å²) < 4.78 is 9.39. The number of amides is 2. The number of imidazole rings is 1. The second-order valence-corrected chi connectivity index (χ2v) is 6.94. The molecule has 0 N–H and O–H groups in total. The molecule has 2 amide bonds. The first kappa shape index (κ1) is 17.0. The number of carbonyl (C=O) groups excluding carboxylic acids is 1. The Morgan fingerprint density at radius 1 is 1.23 bits per heavy atom. The van der Waals surface area contributed by atoms with Crippen molar-refractivity contribution >= 4 is 6.03 Å². The Balaban J connectivity index is 1.44. The number of carbonyl (C=O) groups is 1. The molecule has 26 heavy (non-hydrogen) atoms. The molecule has 0 saturated carbocycles. The summed E-state index contributed by atoms with van der Waals surface area (Å²) in [6.07, 6.45) is 7.47. The number of hydrogen-bond donors (Lipinski definition) is 0. The molecular weight excluding hydrogens is 334 g/mol. The van der Waals surface area contributed by atoms with Crippen LogP contribution in [0.15, 0.2) is 18.7 Å². The van der Waals surface area contributed by atoms with E-state index >= 15 is 0 Å². The highest BCUT2D eigenvalue weighted by Gasteiger charge is 2.31. The minimum Gasteiger partial charge on any atom is -0.378 e. The van der Waals surface area contributed by atoms with E-state index in [-0.39, 0.29) is 11.9 Å². The summed E-state index contributed by atoms with van der Waals surface area (Å²) in [4.78, 5) is 20.7. The number of ether oxygens (including phenoxy) is 1. The Kier molecular flexibility index (Phi) is 4.87. The van der Waals surface area contributed by atoms with Gasteiger partial charge in [0.1, 0.15) is 5.82 Å². The van der Waals surface area contributed by atoms with Crippen LogP contribution in [0.25, 0.3) is 0 Å². The van der Waals surface area contributed by atoms with Crippen LogP contribution in [0.1, 0.15) is 30.4 Å². The molecule has 9 heteroatoms. The molecule has 0 bridgehead atoms. The molecule has 0 aromatic carbocycles. The number of hydrogen-bond acceptors (Lipinski definition) is 5. The maximum absolute atomic E-state index is 12.8. The molecule has 2 saturated heterocycles. The number of nitrogens with zero attached hydrogens (tertiary/aromatic N) is 7. The van der Waals surface area contributed by atoms with Crippen molar-refractivity contribution in [3.8, 4) is 0 Å². The molecule has 0 unspecified atom stereocenters. The number of aromatic nitrogens is 5. The van der Waals surface area contributed by atoms with Crippen molar-refractivity contribution in [1.29, 1.82) is 0 Å². The summed E-state index contributed by atoms with van der Waals surface area (Å²) in [6.45, 7) is 4.78. The Bertz CT molecular complexity index is 736. The van der Waals surface area contributed by atoms with Gasteiger partial charge in [-0.05, 0) is 12.8 Å². The van der Waals surface area contributed by atoms with E-state index in [1.54, 1.807) is 12.5 Å². The quantitative estimate of drug-likeness (QED) is 0.805. The van der Waals surface area contributed by atoms with E-state index in [2.05, 4.69) is 19.7 Å². The fraction of sp³-hybridized carbons (Fsp3) is 0.647. The standard InChI is InChI=1S/C17H25N7O2/c1-21-15(12-22-6-4-18-13-22)19-20-16(21)14-3-2-5-24(11-14)17(25)23-7-9-26-10-8-23/h4,6,13-14H,2-3,5,7-12H2,1H3/t14-/m0/s1. The molecule has 0 aliphatic carbocycles. The van der Waals surface area contributed by atoms with Crippen LogP contribution < -0.4 is 0 Å². The summed E-state index contributed by atoms with van der Waals surface area (Å²) in [5, 5.41) is 8.79. The van der Waals surface area contributed by atoms with Crippen molar-refractivity contribution in [2.24, 2.45) is 7.05 Å². The second kappa shape index (κ2) is 7.45. The van der Waals surface area contributed by atoms with Gasteiger partial charge in [0, 0.05) is 51.5 Å². The smallest absolute Gasteiger partial charge is 0.320 e. The van der Waals surface area contributed by atoms with Gasteiger partial charge in [-0.3, -0.25) is 0 Å². The summed E-state index contributed by atoms with van der Waals surface area (Å²) in [6, 6.07) is 0.124. The van der Waals surface area contributed by atoms with E-state index in [0.717, 1.165) is 31.0 Å². The molecule has 4 heterocycles. The van der Waals surface area contributed by atoms with Crippen LogP contribution >= 0.6 is 0 Å². The molecule has 2 aromatic heterocycles. The zero-order valence-corrected chi connectivity index (χ0v) is 15.1. The van der Waals surface area contributed by atoms with E-state index in [0.29, 0.717) is 39.4 Å². The van der Waals surface area contributed by atoms with Crippen molar-refractivity contribution in [1.82, 2.24) is 34.1 Å². The van der Waals surface area contributed by atoms with Gasteiger partial charge in [-0.1, -0.05) is 0 Å². The fourth-order valence-corrected chi connectivity index (χ4v) is 3.73. The van der Waals surface area contributed by atoms with Gasteiger partial charge >= 0.3 is 6.03 Å². The lowest BCUT2D eigenvalue weighted by molar-refractivity contribution is 0.0407. The van der Waals surface area contributed by atoms with Crippen LogP contribution in [0.4, 0.5) is 4.79 Å². The van der Waals surface area contributed by atoms with Crippen molar-refractivity contribution in [2.45, 2.75) is 25.3 Å². The number of morpholine rings is 1. The van der Waals surface area contributed by atoms with Crippen LogP contribution in [0.3, 0.4) is 0 Å². The molecule has 1 atom stereocenters. The lowest BCUT2D eigenvalue weighted by Gasteiger charge is -2.37. The van der Waals surface area contributed by atoms with Crippen LogP contribution in [-0.4, -0.2) is 79.5 Å². The molecule has 140 valence electrons. The molecule has 2 fully saturated rings. The Morgan fingerprint density at radius 3 is 2.85 bits per heavy atom. The molecule has 2 aliphatic heterocycles. The van der Waals surface area contributed by atoms with Crippen LogP contribution in [0, 0.1) is 0 Å². The average molecular weight is 359 g/mol. The Labute approximate surface area is 152 Å². The van der Waals surface area contributed by atoms with Gasteiger partial charge in [-0.15, -0.1) is 10.2 Å². The number of rotatable bonds is 3. The lowest BCUT2D eigenvalue weighted by Crippen LogP contribution is -2.50. The topological polar surface area (TPSA) is 81.3 Å². The monoisotopic (exact) mass is 359 g/mol. The largest absolute Gasteiger partial charge is 0.378 e. The van der Waals surface area contributed by atoms with Crippen LogP contribution in [0.5, 0.6) is 0 Å². The average Bonchev–Trinajstić information content (AvgIpc) is 3.33. The molecule has 4 rings (SSSR count). The molecule has 9 nitrogen and oxygen atoms in total. The minimum absolute atomic E-state index is 0.124. The SMILES string of the molecule is Cn1c(Cn2ccnc2)nnc1[C@H]1CCCN(C(=O)N2CCOCC2)C1. The molecule has 2 aliphatic rings. The van der Waals surface area contributed by atoms with Crippen molar-refractivity contribution in [2.75, 3.05) is 39.4 Å². The number of likely N-dealkylation sites (tertiary alicyclic amines) is 1. The van der Waals surface area contributed by atoms with E-state index in [1.807, 2.05) is 27.6 Å². The maximum Gasteiger partial charge on any atom is 0.320 e.